The lowest BCUT2D eigenvalue weighted by Gasteiger charge is -2.22. The molecule has 2 aliphatic rings. The molecule has 3 heterocycles. The molecule has 0 spiro atoms. The van der Waals surface area contributed by atoms with Crippen LogP contribution in [0.1, 0.15) is 65.4 Å². The number of carbonyl (C=O) groups excluding carboxylic acids is 2. The standard InChI is InChI=1S/C38H38N4O4/c1-4-8-34-40-36-24(2)19-28(37-39-16-18-46-37)21-33(36)42(34)23-25-12-15-30-27(20-25)14-13-26-9-5-6-10-29(26)31(30)22-35(43)41-17-7-11-32(41)38(44)45-3/h5-6,9-10,12,15-16,18-22,32H,4,7-8,11,13-14,17,23H2,1-3H3/b31-22+. The zero-order valence-corrected chi connectivity index (χ0v) is 26.6. The van der Waals surface area contributed by atoms with E-state index in [0.717, 1.165) is 76.8 Å². The van der Waals surface area contributed by atoms with Crippen LogP contribution in [0.3, 0.4) is 0 Å². The second-order valence-electron chi connectivity index (χ2n) is 12.3. The number of oxazole rings is 1. The number of imidazole rings is 1. The zero-order valence-electron chi connectivity index (χ0n) is 26.6. The van der Waals surface area contributed by atoms with Gasteiger partial charge in [-0.15, -0.1) is 0 Å². The summed E-state index contributed by atoms with van der Waals surface area (Å²) in [6.45, 7) is 5.49. The summed E-state index contributed by atoms with van der Waals surface area (Å²) in [5, 5.41) is 0. The number of aromatic nitrogens is 3. The summed E-state index contributed by atoms with van der Waals surface area (Å²) in [4.78, 5) is 37.3. The number of hydrogen-bond acceptors (Lipinski definition) is 6. The number of benzene rings is 3. The Morgan fingerprint density at radius 1 is 1.07 bits per heavy atom. The Morgan fingerprint density at radius 2 is 1.89 bits per heavy atom. The van der Waals surface area contributed by atoms with Gasteiger partial charge in [0.15, 0.2) is 0 Å². The molecule has 3 aromatic carbocycles. The molecule has 1 amide bonds. The van der Waals surface area contributed by atoms with Crippen molar-refractivity contribution in [2.75, 3.05) is 13.7 Å². The van der Waals surface area contributed by atoms with Gasteiger partial charge >= 0.3 is 5.97 Å². The molecule has 5 aromatic rings. The Hall–Kier alpha value is -4.98. The molecule has 7 rings (SSSR count). The summed E-state index contributed by atoms with van der Waals surface area (Å²) in [6.07, 6.45) is 10.0. The molecule has 0 radical (unpaired) electrons. The number of nitrogens with zero attached hydrogens (tertiary/aromatic N) is 4. The van der Waals surface area contributed by atoms with Crippen LogP contribution in [0.4, 0.5) is 0 Å². The number of fused-ring (bicyclic) bond motifs is 3. The summed E-state index contributed by atoms with van der Waals surface area (Å²) >= 11 is 0. The van der Waals surface area contributed by atoms with Gasteiger partial charge in [0, 0.05) is 31.1 Å². The van der Waals surface area contributed by atoms with Crippen LogP contribution in [0.25, 0.3) is 28.1 Å². The lowest BCUT2D eigenvalue weighted by molar-refractivity contribution is -0.149. The van der Waals surface area contributed by atoms with Crippen molar-refractivity contribution in [2.24, 2.45) is 0 Å². The number of ether oxygens (including phenoxy) is 1. The Bertz CT molecular complexity index is 1970. The lowest BCUT2D eigenvalue weighted by atomic mass is 9.92. The fourth-order valence-corrected chi connectivity index (χ4v) is 7.11. The van der Waals surface area contributed by atoms with E-state index >= 15 is 0 Å². The molecule has 0 saturated carbocycles. The van der Waals surface area contributed by atoms with E-state index in [1.165, 1.54) is 23.8 Å². The SMILES string of the molecule is CCCc1nc2c(C)cc(-c3ncco3)cc2n1Cc1ccc2c(c1)CCc1ccccc1/C2=C\C(=O)N1CCCC1C(=O)OC. The zero-order chi connectivity index (χ0) is 31.8. The first-order valence-corrected chi connectivity index (χ1v) is 16.1. The smallest absolute Gasteiger partial charge is 0.328 e. The summed E-state index contributed by atoms with van der Waals surface area (Å²) in [5.41, 5.74) is 10.7. The van der Waals surface area contributed by atoms with Crippen molar-refractivity contribution < 1.29 is 18.7 Å². The van der Waals surface area contributed by atoms with Gasteiger partial charge in [0.1, 0.15) is 18.1 Å². The number of carbonyl (C=O) groups is 2. The lowest BCUT2D eigenvalue weighted by Crippen LogP contribution is -2.40. The molecular weight excluding hydrogens is 576 g/mol. The molecule has 1 fully saturated rings. The van der Waals surface area contributed by atoms with Crippen molar-refractivity contribution in [3.8, 4) is 11.5 Å². The fourth-order valence-electron chi connectivity index (χ4n) is 7.11. The minimum atomic E-state index is -0.535. The number of amides is 1. The number of methoxy groups -OCH3 is 1. The Balaban J connectivity index is 1.28. The number of likely N-dealkylation sites (tertiary alicyclic amines) is 1. The van der Waals surface area contributed by atoms with Crippen LogP contribution >= 0.6 is 0 Å². The predicted molar refractivity (Wildman–Crippen MR) is 177 cm³/mol. The van der Waals surface area contributed by atoms with Crippen LogP contribution < -0.4 is 0 Å². The summed E-state index contributed by atoms with van der Waals surface area (Å²) in [6, 6.07) is 18.6. The summed E-state index contributed by atoms with van der Waals surface area (Å²) in [5.74, 6) is 1.15. The van der Waals surface area contributed by atoms with E-state index in [9.17, 15) is 9.59 Å². The van der Waals surface area contributed by atoms with Crippen molar-refractivity contribution in [3.63, 3.8) is 0 Å². The maximum Gasteiger partial charge on any atom is 0.328 e. The van der Waals surface area contributed by atoms with Gasteiger partial charge in [-0.1, -0.05) is 49.4 Å². The second-order valence-corrected chi connectivity index (χ2v) is 12.3. The highest BCUT2D eigenvalue weighted by molar-refractivity contribution is 6.02. The van der Waals surface area contributed by atoms with Crippen LogP contribution in [0.2, 0.25) is 0 Å². The number of aryl methyl sites for hydroxylation is 4. The monoisotopic (exact) mass is 614 g/mol. The molecule has 1 aliphatic carbocycles. The maximum absolute atomic E-state index is 13.7. The molecular formula is C38H38N4O4. The van der Waals surface area contributed by atoms with E-state index in [4.69, 9.17) is 14.1 Å². The topological polar surface area (TPSA) is 90.5 Å². The van der Waals surface area contributed by atoms with E-state index in [1.807, 2.05) is 6.07 Å². The van der Waals surface area contributed by atoms with Crippen LogP contribution in [0.5, 0.6) is 0 Å². The van der Waals surface area contributed by atoms with Gasteiger partial charge in [0.05, 0.1) is 24.3 Å². The van der Waals surface area contributed by atoms with Gasteiger partial charge in [0.25, 0.3) is 0 Å². The predicted octanol–water partition coefficient (Wildman–Crippen LogP) is 6.69. The highest BCUT2D eigenvalue weighted by Crippen LogP contribution is 2.35. The van der Waals surface area contributed by atoms with Crippen LogP contribution in [0, 0.1) is 6.92 Å². The third-order valence-electron chi connectivity index (χ3n) is 9.33. The van der Waals surface area contributed by atoms with E-state index in [2.05, 4.69) is 71.9 Å². The van der Waals surface area contributed by atoms with Gasteiger partial charge in [0.2, 0.25) is 11.8 Å². The first-order chi connectivity index (χ1) is 22.4. The van der Waals surface area contributed by atoms with Crippen molar-refractivity contribution in [2.45, 2.75) is 65.0 Å². The van der Waals surface area contributed by atoms with E-state index < -0.39 is 6.04 Å². The van der Waals surface area contributed by atoms with Crippen LogP contribution in [-0.4, -0.2) is 51.0 Å². The average Bonchev–Trinajstić information content (AvgIpc) is 3.83. The first kappa shape index (κ1) is 29.7. The quantitative estimate of drug-likeness (QED) is 0.150. The number of hydrogen-bond donors (Lipinski definition) is 0. The number of rotatable bonds is 7. The highest BCUT2D eigenvalue weighted by Gasteiger charge is 2.34. The van der Waals surface area contributed by atoms with Crippen LogP contribution in [-0.2, 0) is 40.1 Å². The maximum atomic E-state index is 13.7. The molecule has 1 unspecified atom stereocenters. The fraction of sp³-hybridized carbons (Fsp3) is 0.316. The van der Waals surface area contributed by atoms with Crippen molar-refractivity contribution in [3.05, 3.63) is 112 Å². The van der Waals surface area contributed by atoms with E-state index in [-0.39, 0.29) is 11.9 Å². The summed E-state index contributed by atoms with van der Waals surface area (Å²) in [7, 11) is 1.38. The van der Waals surface area contributed by atoms with Crippen molar-refractivity contribution in [1.82, 2.24) is 19.4 Å². The van der Waals surface area contributed by atoms with Crippen molar-refractivity contribution in [1.29, 1.82) is 0 Å². The van der Waals surface area contributed by atoms with E-state index in [1.54, 1.807) is 23.4 Å². The molecule has 1 atom stereocenters. The second kappa shape index (κ2) is 12.4. The molecule has 1 aliphatic heterocycles. The molecule has 46 heavy (non-hydrogen) atoms. The van der Waals surface area contributed by atoms with Gasteiger partial charge in [-0.2, -0.15) is 0 Å². The van der Waals surface area contributed by atoms with Crippen molar-refractivity contribution >= 4 is 28.5 Å². The molecule has 1 saturated heterocycles. The minimum absolute atomic E-state index is 0.152. The van der Waals surface area contributed by atoms with Gasteiger partial charge in [-0.25, -0.2) is 14.8 Å². The van der Waals surface area contributed by atoms with Gasteiger partial charge < -0.3 is 18.6 Å². The molecule has 0 bridgehead atoms. The Kier molecular flexibility index (Phi) is 8.03. The molecule has 234 valence electrons. The normalized spacial score (nSPS) is 16.8. The third-order valence-corrected chi connectivity index (χ3v) is 9.33. The number of esters is 1. The third kappa shape index (κ3) is 5.42. The molecule has 2 aromatic heterocycles. The van der Waals surface area contributed by atoms with Crippen LogP contribution in [0.15, 0.2) is 77.6 Å². The van der Waals surface area contributed by atoms with Gasteiger partial charge in [-0.3, -0.25) is 4.79 Å². The first-order valence-electron chi connectivity index (χ1n) is 16.1. The highest BCUT2D eigenvalue weighted by atomic mass is 16.5. The molecule has 8 nitrogen and oxygen atoms in total. The largest absolute Gasteiger partial charge is 0.467 e. The summed E-state index contributed by atoms with van der Waals surface area (Å²) < 4.78 is 13.0. The van der Waals surface area contributed by atoms with Gasteiger partial charge in [-0.05, 0) is 90.1 Å². The molecule has 8 heteroatoms. The minimum Gasteiger partial charge on any atom is -0.467 e. The Labute approximate surface area is 268 Å². The average molecular weight is 615 g/mol. The van der Waals surface area contributed by atoms with E-state index in [0.29, 0.717) is 25.4 Å². The Morgan fingerprint density at radius 3 is 2.70 bits per heavy atom. The molecule has 0 N–H and O–H groups in total.